The predicted molar refractivity (Wildman–Crippen MR) is 61.1 cm³/mol. The minimum Gasteiger partial charge on any atom is -0.675 e. The summed E-state index contributed by atoms with van der Waals surface area (Å²) in [6, 6.07) is 0.0833. The van der Waals surface area contributed by atoms with Crippen LogP contribution in [0.15, 0.2) is 0 Å². The van der Waals surface area contributed by atoms with Crippen LogP contribution in [0.1, 0.15) is 27.7 Å². The van der Waals surface area contributed by atoms with Crippen molar-refractivity contribution >= 4 is 19.2 Å². The molecule has 0 aliphatic heterocycles. The Morgan fingerprint density at radius 2 is 1.79 bits per heavy atom. The number of hydrogen-bond donors (Lipinski definition) is 1. The number of alkyl halides is 1. The van der Waals surface area contributed by atoms with Crippen LogP contribution in [0.25, 0.3) is 5.73 Å². The lowest BCUT2D eigenvalue weighted by Crippen LogP contribution is -2.03. The van der Waals surface area contributed by atoms with E-state index in [2.05, 4.69) is 0 Å². The molecule has 0 aromatic heterocycles. The van der Waals surface area contributed by atoms with E-state index in [1.807, 2.05) is 13.8 Å². The second-order valence-electron chi connectivity index (χ2n) is 3.36. The molecule has 6 heteroatoms. The van der Waals surface area contributed by atoms with Crippen LogP contribution < -0.4 is 0 Å². The van der Waals surface area contributed by atoms with E-state index < -0.39 is 7.60 Å². The molecule has 0 saturated heterocycles. The third-order valence-corrected chi connectivity index (χ3v) is 2.73. The summed E-state index contributed by atoms with van der Waals surface area (Å²) in [6.45, 7) is 7.08. The van der Waals surface area contributed by atoms with E-state index in [9.17, 15) is 4.57 Å². The number of rotatable bonds is 4. The summed E-state index contributed by atoms with van der Waals surface area (Å²) in [5.74, 6) is 0.153. The minimum absolute atomic E-state index is 0.0206. The zero-order valence-corrected chi connectivity index (χ0v) is 10.8. The Balaban J connectivity index is 0. The van der Waals surface area contributed by atoms with Crippen LogP contribution in [0.4, 0.5) is 0 Å². The molecule has 88 valence electrons. The molecule has 0 radical (unpaired) electrons. The van der Waals surface area contributed by atoms with Gasteiger partial charge in [0, 0.05) is 5.88 Å². The predicted octanol–water partition coefficient (Wildman–Crippen LogP) is 3.28. The lowest BCUT2D eigenvalue weighted by Gasteiger charge is -2.12. The van der Waals surface area contributed by atoms with Gasteiger partial charge in [-0.3, -0.25) is 4.57 Å². The Hall–Kier alpha value is 0.400. The van der Waals surface area contributed by atoms with Gasteiger partial charge in [-0.25, -0.2) is 0 Å². The third kappa shape index (κ3) is 18.2. The van der Waals surface area contributed by atoms with Gasteiger partial charge >= 0.3 is 7.60 Å². The van der Waals surface area contributed by atoms with Gasteiger partial charge in [0.15, 0.2) is 0 Å². The van der Waals surface area contributed by atoms with Crippen molar-refractivity contribution in [2.24, 2.45) is 0 Å². The molecule has 1 atom stereocenters. The molecule has 0 rings (SSSR count). The zero-order chi connectivity index (χ0) is 11.8. The van der Waals surface area contributed by atoms with Gasteiger partial charge < -0.3 is 15.2 Å². The summed E-state index contributed by atoms with van der Waals surface area (Å²) in [6.07, 6.45) is -0.203. The standard InChI is InChI=1S/C5H12ClO3P.C3H8N/c1-5(2)9-10(7,8)4-3-6;1-3(2)4/h5H,3-4H2,1-2H3,(H,7,8);3-4H,1-2H3/q;-1. The van der Waals surface area contributed by atoms with Crippen LogP contribution in [0, 0.1) is 0 Å². The first-order valence-electron chi connectivity index (χ1n) is 4.48. The molecule has 0 spiro atoms. The minimum atomic E-state index is -3.38. The van der Waals surface area contributed by atoms with Gasteiger partial charge in [-0.2, -0.15) is 0 Å². The van der Waals surface area contributed by atoms with E-state index in [1.165, 1.54) is 0 Å². The van der Waals surface area contributed by atoms with Crippen molar-refractivity contribution in [1.29, 1.82) is 0 Å². The van der Waals surface area contributed by atoms with Gasteiger partial charge in [0.2, 0.25) is 0 Å². The molecule has 0 heterocycles. The highest BCUT2D eigenvalue weighted by Gasteiger charge is 2.19. The summed E-state index contributed by atoms with van der Waals surface area (Å²) in [4.78, 5) is 8.93. The van der Waals surface area contributed by atoms with Gasteiger partial charge in [0.05, 0.1) is 12.3 Å². The molecule has 0 aromatic rings. The molecular weight excluding hydrogens is 225 g/mol. The quantitative estimate of drug-likeness (QED) is 0.609. The first-order chi connectivity index (χ1) is 6.21. The van der Waals surface area contributed by atoms with Gasteiger partial charge in [0.1, 0.15) is 0 Å². The molecule has 0 amide bonds. The smallest absolute Gasteiger partial charge is 0.329 e. The van der Waals surface area contributed by atoms with Crippen LogP contribution in [0.3, 0.4) is 0 Å². The molecule has 0 aliphatic rings. The van der Waals surface area contributed by atoms with Crippen LogP contribution in [-0.2, 0) is 9.09 Å². The van der Waals surface area contributed by atoms with Crippen LogP contribution in [-0.4, -0.2) is 29.1 Å². The van der Waals surface area contributed by atoms with Crippen molar-refractivity contribution in [2.75, 3.05) is 12.0 Å². The van der Waals surface area contributed by atoms with E-state index >= 15 is 0 Å². The maximum Gasteiger partial charge on any atom is 0.329 e. The van der Waals surface area contributed by atoms with Crippen molar-refractivity contribution in [3.63, 3.8) is 0 Å². The Labute approximate surface area is 91.3 Å². The van der Waals surface area contributed by atoms with Gasteiger partial charge in [-0.15, -0.1) is 17.6 Å². The molecule has 0 bridgehead atoms. The van der Waals surface area contributed by atoms with Gasteiger partial charge in [0.25, 0.3) is 0 Å². The van der Waals surface area contributed by atoms with Gasteiger partial charge in [-0.05, 0) is 13.8 Å². The number of hydrogen-bond acceptors (Lipinski definition) is 2. The Morgan fingerprint density at radius 1 is 1.43 bits per heavy atom. The van der Waals surface area contributed by atoms with Crippen LogP contribution in [0.2, 0.25) is 0 Å². The third-order valence-electron chi connectivity index (χ3n) is 0.743. The number of nitrogens with one attached hydrogen (secondary N) is 1. The SMILES string of the molecule is CC(C)OP(=O)(O)CCCl.CC(C)[NH-]. The van der Waals surface area contributed by atoms with E-state index in [1.54, 1.807) is 13.8 Å². The van der Waals surface area contributed by atoms with Gasteiger partial charge in [-0.1, -0.05) is 13.8 Å². The fraction of sp³-hybridized carbons (Fsp3) is 1.00. The summed E-state index contributed by atoms with van der Waals surface area (Å²) in [5, 5.41) is 0. The zero-order valence-electron chi connectivity index (χ0n) is 9.16. The van der Waals surface area contributed by atoms with Crippen LogP contribution in [0.5, 0.6) is 0 Å². The molecule has 14 heavy (non-hydrogen) atoms. The molecule has 0 fully saturated rings. The molecule has 0 saturated carbocycles. The fourth-order valence-electron chi connectivity index (χ4n) is 0.489. The first kappa shape index (κ1) is 16.8. The van der Waals surface area contributed by atoms with Crippen molar-refractivity contribution in [3.05, 3.63) is 5.73 Å². The molecular formula is C8H20ClNO3P-. The Bertz CT molecular complexity index is 173. The maximum atomic E-state index is 10.9. The Morgan fingerprint density at radius 3 is 2.00 bits per heavy atom. The second kappa shape index (κ2) is 8.69. The lowest BCUT2D eigenvalue weighted by atomic mass is 10.5. The van der Waals surface area contributed by atoms with Crippen molar-refractivity contribution in [1.82, 2.24) is 0 Å². The summed E-state index contributed by atoms with van der Waals surface area (Å²) >= 11 is 5.26. The normalized spacial score (nSPS) is 14.9. The van der Waals surface area contributed by atoms with Crippen molar-refractivity contribution in [3.8, 4) is 0 Å². The fourth-order valence-corrected chi connectivity index (χ4v) is 2.11. The molecule has 0 aliphatic carbocycles. The number of halogens is 1. The van der Waals surface area contributed by atoms with E-state index in [0.717, 1.165) is 0 Å². The molecule has 2 N–H and O–H groups in total. The van der Waals surface area contributed by atoms with Crippen molar-refractivity contribution < 1.29 is 14.0 Å². The second-order valence-corrected chi connectivity index (χ2v) is 5.67. The maximum absolute atomic E-state index is 10.9. The highest BCUT2D eigenvalue weighted by Crippen LogP contribution is 2.42. The Kier molecular flexibility index (Phi) is 10.4. The molecule has 4 nitrogen and oxygen atoms in total. The summed E-state index contributed by atoms with van der Waals surface area (Å²) in [7, 11) is -3.38. The monoisotopic (exact) mass is 244 g/mol. The molecule has 1 unspecified atom stereocenters. The van der Waals surface area contributed by atoms with E-state index in [0.29, 0.717) is 0 Å². The first-order valence-corrected chi connectivity index (χ1v) is 6.78. The highest BCUT2D eigenvalue weighted by molar-refractivity contribution is 7.52. The largest absolute Gasteiger partial charge is 0.675 e. The average molecular weight is 245 g/mol. The molecule has 0 aromatic carbocycles. The average Bonchev–Trinajstić information content (AvgIpc) is 1.80. The van der Waals surface area contributed by atoms with E-state index in [4.69, 9.17) is 26.8 Å². The topological polar surface area (TPSA) is 70.3 Å². The highest BCUT2D eigenvalue weighted by atomic mass is 35.5. The summed E-state index contributed by atoms with van der Waals surface area (Å²) < 4.78 is 15.6. The van der Waals surface area contributed by atoms with Crippen LogP contribution >= 0.6 is 19.2 Å². The van der Waals surface area contributed by atoms with Crippen molar-refractivity contribution in [2.45, 2.75) is 39.8 Å². The summed E-state index contributed by atoms with van der Waals surface area (Å²) in [5.41, 5.74) is 6.58. The lowest BCUT2D eigenvalue weighted by molar-refractivity contribution is 0.205. The van der Waals surface area contributed by atoms with E-state index in [-0.39, 0.29) is 24.2 Å².